The van der Waals surface area contributed by atoms with Crippen LogP contribution in [0.5, 0.6) is 0 Å². The molecule has 4 rings (SSSR count). The number of nitrogens with one attached hydrogen (secondary N) is 2. The van der Waals surface area contributed by atoms with Crippen LogP contribution in [0.25, 0.3) is 11.5 Å². The molecule has 3 heterocycles. The molecule has 31 heavy (non-hydrogen) atoms. The first kappa shape index (κ1) is 21.6. The van der Waals surface area contributed by atoms with Gasteiger partial charge in [-0.15, -0.1) is 11.3 Å². The summed E-state index contributed by atoms with van der Waals surface area (Å²) in [6, 6.07) is 12.6. The van der Waals surface area contributed by atoms with Gasteiger partial charge in [0.1, 0.15) is 6.26 Å². The van der Waals surface area contributed by atoms with Crippen LogP contribution in [0.4, 0.5) is 0 Å². The molecular formula is C24H31N5OS. The number of aryl methyl sites for hydroxylation is 1. The maximum atomic E-state index is 5.65. The van der Waals surface area contributed by atoms with Crippen molar-refractivity contribution in [3.8, 4) is 11.5 Å². The standard InChI is InChI=1S/C24H31N5OS/c1-18-7-9-20(10-8-18)23-28-21(17-30-23)14-27-24(25-2)26-13-19-5-3-11-29(15-19)16-22-6-4-12-31-22/h4,6-10,12,17,19H,3,5,11,13-16H2,1-2H3,(H2,25,26,27). The Kier molecular flexibility index (Phi) is 7.38. The number of nitrogens with zero attached hydrogens (tertiary/aromatic N) is 3. The molecule has 3 aromatic rings. The lowest BCUT2D eigenvalue weighted by atomic mass is 9.98. The van der Waals surface area contributed by atoms with E-state index in [9.17, 15) is 0 Å². The van der Waals surface area contributed by atoms with E-state index >= 15 is 0 Å². The molecule has 0 amide bonds. The molecule has 1 aliphatic rings. The van der Waals surface area contributed by atoms with Crippen molar-refractivity contribution in [3.05, 3.63) is 64.2 Å². The second kappa shape index (κ2) is 10.6. The van der Waals surface area contributed by atoms with E-state index in [1.54, 1.807) is 13.3 Å². The summed E-state index contributed by atoms with van der Waals surface area (Å²) in [5.41, 5.74) is 3.07. The third-order valence-electron chi connectivity index (χ3n) is 5.63. The van der Waals surface area contributed by atoms with Crippen molar-refractivity contribution in [1.29, 1.82) is 0 Å². The number of oxazole rings is 1. The zero-order valence-corrected chi connectivity index (χ0v) is 19.1. The summed E-state index contributed by atoms with van der Waals surface area (Å²) >= 11 is 1.84. The zero-order valence-electron chi connectivity index (χ0n) is 18.3. The minimum Gasteiger partial charge on any atom is -0.444 e. The Morgan fingerprint density at radius 3 is 2.90 bits per heavy atom. The second-order valence-electron chi connectivity index (χ2n) is 8.14. The van der Waals surface area contributed by atoms with Crippen LogP contribution < -0.4 is 10.6 Å². The van der Waals surface area contributed by atoms with Crippen molar-refractivity contribution < 1.29 is 4.42 Å². The highest BCUT2D eigenvalue weighted by Gasteiger charge is 2.20. The molecule has 0 bridgehead atoms. The number of benzene rings is 1. The largest absolute Gasteiger partial charge is 0.444 e. The summed E-state index contributed by atoms with van der Waals surface area (Å²) in [7, 11) is 1.81. The van der Waals surface area contributed by atoms with Crippen LogP contribution >= 0.6 is 11.3 Å². The van der Waals surface area contributed by atoms with Crippen molar-refractivity contribution in [2.75, 3.05) is 26.7 Å². The Bertz CT molecular complexity index is 964. The number of piperidine rings is 1. The first-order chi connectivity index (χ1) is 15.2. The van der Waals surface area contributed by atoms with E-state index < -0.39 is 0 Å². The quantitative estimate of drug-likeness (QED) is 0.426. The van der Waals surface area contributed by atoms with E-state index in [0.29, 0.717) is 18.4 Å². The molecule has 2 N–H and O–H groups in total. The lowest BCUT2D eigenvalue weighted by Crippen LogP contribution is -2.44. The molecule has 2 aromatic heterocycles. The van der Waals surface area contributed by atoms with Gasteiger partial charge in [0.2, 0.25) is 5.89 Å². The van der Waals surface area contributed by atoms with Gasteiger partial charge in [-0.3, -0.25) is 9.89 Å². The van der Waals surface area contributed by atoms with Gasteiger partial charge in [0.05, 0.1) is 12.2 Å². The second-order valence-corrected chi connectivity index (χ2v) is 9.17. The number of hydrogen-bond donors (Lipinski definition) is 2. The van der Waals surface area contributed by atoms with E-state index in [0.717, 1.165) is 36.9 Å². The lowest BCUT2D eigenvalue weighted by molar-refractivity contribution is 0.169. The highest BCUT2D eigenvalue weighted by atomic mass is 32.1. The summed E-state index contributed by atoms with van der Waals surface area (Å²) in [6.07, 6.45) is 4.22. The Balaban J connectivity index is 1.23. The van der Waals surface area contributed by atoms with Gasteiger partial charge < -0.3 is 15.1 Å². The summed E-state index contributed by atoms with van der Waals surface area (Å²) < 4.78 is 5.65. The smallest absolute Gasteiger partial charge is 0.226 e. The fourth-order valence-electron chi connectivity index (χ4n) is 3.94. The molecule has 0 spiro atoms. The van der Waals surface area contributed by atoms with Crippen molar-refractivity contribution in [2.45, 2.75) is 32.9 Å². The average Bonchev–Trinajstić information content (AvgIpc) is 3.47. The van der Waals surface area contributed by atoms with Crippen LogP contribution in [0.15, 0.2) is 57.5 Å². The minimum atomic E-state index is 0.574. The van der Waals surface area contributed by atoms with Gasteiger partial charge in [0, 0.05) is 37.1 Å². The summed E-state index contributed by atoms with van der Waals surface area (Å²) in [5.74, 6) is 2.08. The lowest BCUT2D eigenvalue weighted by Gasteiger charge is -2.32. The van der Waals surface area contributed by atoms with Gasteiger partial charge >= 0.3 is 0 Å². The Labute approximate surface area is 188 Å². The number of rotatable bonds is 7. The van der Waals surface area contributed by atoms with Crippen molar-refractivity contribution in [3.63, 3.8) is 0 Å². The first-order valence-electron chi connectivity index (χ1n) is 10.9. The molecule has 1 aliphatic heterocycles. The summed E-state index contributed by atoms with van der Waals surface area (Å²) in [6.45, 7) is 6.96. The summed E-state index contributed by atoms with van der Waals surface area (Å²) in [4.78, 5) is 13.0. The van der Waals surface area contributed by atoms with Gasteiger partial charge in [0.15, 0.2) is 5.96 Å². The van der Waals surface area contributed by atoms with Crippen LogP contribution in [-0.2, 0) is 13.1 Å². The SMILES string of the molecule is CN=C(NCc1coc(-c2ccc(C)cc2)n1)NCC1CCCN(Cc2cccs2)C1. The molecule has 1 fully saturated rings. The van der Waals surface area contributed by atoms with Crippen molar-refractivity contribution in [2.24, 2.45) is 10.9 Å². The van der Waals surface area contributed by atoms with E-state index in [1.165, 1.54) is 29.8 Å². The normalized spacial score (nSPS) is 17.6. The molecule has 1 atom stereocenters. The van der Waals surface area contributed by atoms with E-state index in [2.05, 4.69) is 62.1 Å². The maximum Gasteiger partial charge on any atom is 0.226 e. The number of thiophene rings is 1. The zero-order chi connectivity index (χ0) is 21.5. The number of likely N-dealkylation sites (tertiary alicyclic amines) is 1. The van der Waals surface area contributed by atoms with Crippen LogP contribution in [0.2, 0.25) is 0 Å². The van der Waals surface area contributed by atoms with E-state index in [1.807, 2.05) is 23.5 Å². The fraction of sp³-hybridized carbons (Fsp3) is 0.417. The molecule has 0 radical (unpaired) electrons. The van der Waals surface area contributed by atoms with Gasteiger partial charge in [-0.1, -0.05) is 23.8 Å². The first-order valence-corrected chi connectivity index (χ1v) is 11.8. The molecule has 1 aromatic carbocycles. The summed E-state index contributed by atoms with van der Waals surface area (Å²) in [5, 5.41) is 9.00. The molecule has 1 saturated heterocycles. The molecule has 6 nitrogen and oxygen atoms in total. The molecular weight excluding hydrogens is 406 g/mol. The molecule has 1 unspecified atom stereocenters. The molecule has 0 aliphatic carbocycles. The van der Waals surface area contributed by atoms with E-state index in [-0.39, 0.29) is 0 Å². The number of hydrogen-bond acceptors (Lipinski definition) is 5. The van der Waals surface area contributed by atoms with Gasteiger partial charge in [0.25, 0.3) is 0 Å². The Hall–Kier alpha value is -2.64. The molecule has 164 valence electrons. The Morgan fingerprint density at radius 1 is 1.26 bits per heavy atom. The van der Waals surface area contributed by atoms with Crippen molar-refractivity contribution >= 4 is 17.3 Å². The van der Waals surface area contributed by atoms with Crippen molar-refractivity contribution in [1.82, 2.24) is 20.5 Å². The van der Waals surface area contributed by atoms with Crippen LogP contribution in [0.3, 0.4) is 0 Å². The third kappa shape index (κ3) is 6.18. The highest BCUT2D eigenvalue weighted by Crippen LogP contribution is 2.20. The third-order valence-corrected chi connectivity index (χ3v) is 6.49. The molecule has 0 saturated carbocycles. The monoisotopic (exact) mass is 437 g/mol. The predicted octanol–water partition coefficient (Wildman–Crippen LogP) is 4.29. The predicted molar refractivity (Wildman–Crippen MR) is 127 cm³/mol. The molecule has 7 heteroatoms. The number of aliphatic imine (C=N–C) groups is 1. The van der Waals surface area contributed by atoms with Gasteiger partial charge in [-0.05, 0) is 55.8 Å². The van der Waals surface area contributed by atoms with Gasteiger partial charge in [-0.2, -0.15) is 0 Å². The van der Waals surface area contributed by atoms with Crippen LogP contribution in [0, 0.1) is 12.8 Å². The minimum absolute atomic E-state index is 0.574. The highest BCUT2D eigenvalue weighted by molar-refractivity contribution is 7.09. The van der Waals surface area contributed by atoms with Crippen LogP contribution in [0.1, 0.15) is 29.0 Å². The maximum absolute atomic E-state index is 5.65. The van der Waals surface area contributed by atoms with Gasteiger partial charge in [-0.25, -0.2) is 4.98 Å². The Morgan fingerprint density at radius 2 is 2.13 bits per heavy atom. The number of aromatic nitrogens is 1. The van der Waals surface area contributed by atoms with Crippen LogP contribution in [-0.4, -0.2) is 42.5 Å². The number of guanidine groups is 1. The van der Waals surface area contributed by atoms with E-state index in [4.69, 9.17) is 4.42 Å². The topological polar surface area (TPSA) is 65.7 Å². The average molecular weight is 438 g/mol. The fourth-order valence-corrected chi connectivity index (χ4v) is 4.68.